The predicted molar refractivity (Wildman–Crippen MR) is 71.4 cm³/mol. The van der Waals surface area contributed by atoms with Crippen LogP contribution in [0.4, 0.5) is 13.2 Å². The normalized spacial score (nSPS) is 11.4. The minimum atomic E-state index is -4.72. The van der Waals surface area contributed by atoms with Crippen LogP contribution in [0.1, 0.15) is 0 Å². The molecule has 0 unspecified atom stereocenters. The Hall–Kier alpha value is -1.51. The molecule has 2 aromatic rings. The molecular formula is C12H7F3INO2. The number of hydrogen-bond acceptors (Lipinski definition) is 2. The van der Waals surface area contributed by atoms with Crippen LogP contribution < -0.4 is 10.3 Å². The zero-order chi connectivity index (χ0) is 14.0. The Morgan fingerprint density at radius 2 is 1.68 bits per heavy atom. The van der Waals surface area contributed by atoms with Gasteiger partial charge in [-0.1, -0.05) is 0 Å². The molecule has 19 heavy (non-hydrogen) atoms. The van der Waals surface area contributed by atoms with Gasteiger partial charge >= 0.3 is 6.36 Å². The van der Waals surface area contributed by atoms with Crippen molar-refractivity contribution in [1.29, 1.82) is 0 Å². The summed E-state index contributed by atoms with van der Waals surface area (Å²) >= 11 is 2.04. The molecule has 7 heteroatoms. The molecule has 0 spiro atoms. The van der Waals surface area contributed by atoms with Crippen LogP contribution in [0.25, 0.3) is 5.69 Å². The lowest BCUT2D eigenvalue weighted by molar-refractivity contribution is -0.274. The van der Waals surface area contributed by atoms with Gasteiger partial charge in [-0.2, -0.15) is 0 Å². The zero-order valence-electron chi connectivity index (χ0n) is 9.32. The Kier molecular flexibility index (Phi) is 3.83. The number of nitrogens with zero attached hydrogens (tertiary/aromatic N) is 1. The maximum absolute atomic E-state index is 12.0. The van der Waals surface area contributed by atoms with E-state index >= 15 is 0 Å². The molecule has 0 saturated heterocycles. The van der Waals surface area contributed by atoms with E-state index in [-0.39, 0.29) is 11.3 Å². The lowest BCUT2D eigenvalue weighted by atomic mass is 10.3. The molecule has 0 radical (unpaired) electrons. The van der Waals surface area contributed by atoms with Crippen molar-refractivity contribution < 1.29 is 17.9 Å². The van der Waals surface area contributed by atoms with Crippen molar-refractivity contribution >= 4 is 22.6 Å². The van der Waals surface area contributed by atoms with Crippen molar-refractivity contribution in [2.75, 3.05) is 0 Å². The molecule has 0 atom stereocenters. The fourth-order valence-electron chi connectivity index (χ4n) is 1.47. The molecule has 0 aliphatic carbocycles. The number of alkyl halides is 3. The number of pyridine rings is 1. The highest BCUT2D eigenvalue weighted by molar-refractivity contribution is 14.1. The second-order valence-electron chi connectivity index (χ2n) is 3.60. The molecule has 0 amide bonds. The average Bonchev–Trinajstić information content (AvgIpc) is 2.31. The van der Waals surface area contributed by atoms with Gasteiger partial charge in [0.25, 0.3) is 5.56 Å². The van der Waals surface area contributed by atoms with Crippen LogP contribution in [0, 0.1) is 3.57 Å². The first kappa shape index (κ1) is 13.9. The number of ether oxygens (including phenoxy) is 1. The van der Waals surface area contributed by atoms with Crippen molar-refractivity contribution in [2.45, 2.75) is 6.36 Å². The van der Waals surface area contributed by atoms with Gasteiger partial charge in [0.15, 0.2) is 0 Å². The Labute approximate surface area is 119 Å². The van der Waals surface area contributed by atoms with Gasteiger partial charge in [-0.25, -0.2) is 0 Å². The van der Waals surface area contributed by atoms with E-state index < -0.39 is 6.36 Å². The molecule has 1 heterocycles. The summed E-state index contributed by atoms with van der Waals surface area (Å²) in [6, 6.07) is 8.14. The topological polar surface area (TPSA) is 31.2 Å². The lowest BCUT2D eigenvalue weighted by Crippen LogP contribution is -2.18. The molecule has 0 N–H and O–H groups in total. The third-order valence-electron chi connectivity index (χ3n) is 2.22. The largest absolute Gasteiger partial charge is 0.573 e. The molecule has 0 fully saturated rings. The molecule has 0 saturated carbocycles. The molecule has 3 nitrogen and oxygen atoms in total. The number of hydrogen-bond donors (Lipinski definition) is 0. The highest BCUT2D eigenvalue weighted by Crippen LogP contribution is 2.23. The minimum Gasteiger partial charge on any atom is -0.406 e. The van der Waals surface area contributed by atoms with E-state index in [0.717, 1.165) is 15.7 Å². The zero-order valence-corrected chi connectivity index (χ0v) is 11.5. The molecule has 0 aliphatic heterocycles. The fraction of sp³-hybridized carbons (Fsp3) is 0.0833. The highest BCUT2D eigenvalue weighted by Gasteiger charge is 2.30. The third-order valence-corrected chi connectivity index (χ3v) is 2.86. The maximum atomic E-state index is 12.0. The summed E-state index contributed by atoms with van der Waals surface area (Å²) in [5.74, 6) is -0.324. The van der Waals surface area contributed by atoms with Crippen LogP contribution in [0.5, 0.6) is 5.75 Å². The van der Waals surface area contributed by atoms with Crippen LogP contribution in [-0.2, 0) is 0 Å². The average molecular weight is 381 g/mol. The van der Waals surface area contributed by atoms with Crippen LogP contribution in [0.2, 0.25) is 0 Å². The second-order valence-corrected chi connectivity index (χ2v) is 4.84. The summed E-state index contributed by atoms with van der Waals surface area (Å²) in [6.07, 6.45) is -3.12. The highest BCUT2D eigenvalue weighted by atomic mass is 127. The smallest absolute Gasteiger partial charge is 0.406 e. The van der Waals surface area contributed by atoms with E-state index in [1.165, 1.54) is 22.8 Å². The molecule has 0 bridgehead atoms. The Morgan fingerprint density at radius 3 is 2.26 bits per heavy atom. The molecule has 1 aromatic heterocycles. The summed E-state index contributed by atoms with van der Waals surface area (Å²) in [4.78, 5) is 11.6. The van der Waals surface area contributed by atoms with Crippen molar-refractivity contribution in [2.24, 2.45) is 0 Å². The SMILES string of the molecule is O=c1ccc(I)cn1-c1ccc(OC(F)(F)F)cc1. The maximum Gasteiger partial charge on any atom is 0.573 e. The van der Waals surface area contributed by atoms with E-state index in [9.17, 15) is 18.0 Å². The van der Waals surface area contributed by atoms with Crippen LogP contribution >= 0.6 is 22.6 Å². The Balaban J connectivity index is 2.33. The quantitative estimate of drug-likeness (QED) is 0.748. The van der Waals surface area contributed by atoms with E-state index in [2.05, 4.69) is 4.74 Å². The summed E-state index contributed by atoms with van der Waals surface area (Å²) < 4.78 is 42.0. The summed E-state index contributed by atoms with van der Waals surface area (Å²) in [7, 11) is 0. The molecule has 100 valence electrons. The minimum absolute atomic E-state index is 0.259. The van der Waals surface area contributed by atoms with Gasteiger partial charge in [0.05, 0.1) is 0 Å². The molecule has 2 rings (SSSR count). The van der Waals surface area contributed by atoms with Gasteiger partial charge in [0.2, 0.25) is 0 Å². The fourth-order valence-corrected chi connectivity index (χ4v) is 1.93. The van der Waals surface area contributed by atoms with Crippen LogP contribution in [0.15, 0.2) is 47.4 Å². The standard InChI is InChI=1S/C12H7F3INO2/c13-12(14,15)19-10-4-2-9(3-5-10)17-7-8(16)1-6-11(17)18/h1-7H. The summed E-state index contributed by atoms with van der Waals surface area (Å²) in [5, 5.41) is 0. The monoisotopic (exact) mass is 381 g/mol. The van der Waals surface area contributed by atoms with Gasteiger partial charge < -0.3 is 4.74 Å². The van der Waals surface area contributed by atoms with Gasteiger partial charge in [-0.15, -0.1) is 13.2 Å². The Morgan fingerprint density at radius 1 is 1.05 bits per heavy atom. The van der Waals surface area contributed by atoms with Crippen molar-refractivity contribution in [3.05, 3.63) is 56.5 Å². The first-order valence-corrected chi connectivity index (χ1v) is 6.17. The first-order valence-electron chi connectivity index (χ1n) is 5.09. The third kappa shape index (κ3) is 3.72. The van der Waals surface area contributed by atoms with E-state index in [4.69, 9.17) is 0 Å². The number of aromatic nitrogens is 1. The van der Waals surface area contributed by atoms with Crippen molar-refractivity contribution in [3.8, 4) is 11.4 Å². The van der Waals surface area contributed by atoms with E-state index in [1.54, 1.807) is 12.3 Å². The van der Waals surface area contributed by atoms with Crippen molar-refractivity contribution in [1.82, 2.24) is 4.57 Å². The predicted octanol–water partition coefficient (Wildman–Crippen LogP) is 3.34. The lowest BCUT2D eigenvalue weighted by Gasteiger charge is -2.10. The first-order chi connectivity index (χ1) is 8.85. The van der Waals surface area contributed by atoms with E-state index in [1.807, 2.05) is 22.6 Å². The number of halogens is 4. The summed E-state index contributed by atoms with van der Waals surface area (Å²) in [6.45, 7) is 0. The van der Waals surface area contributed by atoms with Crippen molar-refractivity contribution in [3.63, 3.8) is 0 Å². The van der Waals surface area contributed by atoms with Gasteiger partial charge in [0, 0.05) is 21.5 Å². The molecule has 0 aliphatic rings. The number of benzene rings is 1. The van der Waals surface area contributed by atoms with Gasteiger partial charge in [-0.3, -0.25) is 9.36 Å². The molecule has 1 aromatic carbocycles. The summed E-state index contributed by atoms with van der Waals surface area (Å²) in [5.41, 5.74) is 0.211. The molecular weight excluding hydrogens is 374 g/mol. The second kappa shape index (κ2) is 5.24. The van der Waals surface area contributed by atoms with E-state index in [0.29, 0.717) is 5.69 Å². The number of rotatable bonds is 2. The van der Waals surface area contributed by atoms with Crippen LogP contribution in [0.3, 0.4) is 0 Å². The van der Waals surface area contributed by atoms with Gasteiger partial charge in [-0.05, 0) is 52.9 Å². The Bertz CT molecular complexity index is 635. The van der Waals surface area contributed by atoms with Crippen LogP contribution in [-0.4, -0.2) is 10.9 Å². The van der Waals surface area contributed by atoms with Gasteiger partial charge in [0.1, 0.15) is 5.75 Å².